The third-order valence-electron chi connectivity index (χ3n) is 2.63. The van der Waals surface area contributed by atoms with Gasteiger partial charge >= 0.3 is 6.09 Å². The molecule has 1 saturated heterocycles. The lowest BCUT2D eigenvalue weighted by Crippen LogP contribution is -2.45. The molecule has 0 aromatic rings. The summed E-state index contributed by atoms with van der Waals surface area (Å²) in [6.45, 7) is 0.752. The molecule has 0 bridgehead atoms. The van der Waals surface area contributed by atoms with Crippen molar-refractivity contribution in [2.75, 3.05) is 26.3 Å². The minimum Gasteiger partial charge on any atom is -0.465 e. The normalized spacial score (nSPS) is 28.9. The number of hydrogen-bond acceptors (Lipinski definition) is 3. The lowest BCUT2D eigenvalue weighted by atomic mass is 9.87. The second-order valence-corrected chi connectivity index (χ2v) is 3.40. The monoisotopic (exact) mass is 189 g/mol. The van der Waals surface area contributed by atoms with E-state index >= 15 is 0 Å². The van der Waals surface area contributed by atoms with Gasteiger partial charge in [0.25, 0.3) is 0 Å². The van der Waals surface area contributed by atoms with E-state index in [0.29, 0.717) is 19.5 Å². The minimum atomic E-state index is -0.949. The molecule has 0 saturated carbocycles. The number of likely N-dealkylation sites (tertiary alicyclic amines) is 1. The van der Waals surface area contributed by atoms with Crippen LogP contribution in [0.4, 0.5) is 4.79 Å². The Balaban J connectivity index is 2.52. The average molecular weight is 189 g/mol. The topological polar surface area (TPSA) is 81.0 Å². The first-order chi connectivity index (χ1) is 6.19. The molecule has 2 atom stereocenters. The summed E-state index contributed by atoms with van der Waals surface area (Å²) in [7, 11) is 0. The van der Waals surface area contributed by atoms with Crippen molar-refractivity contribution in [1.29, 1.82) is 0 Å². The highest BCUT2D eigenvalue weighted by molar-refractivity contribution is 5.65. The Kier molecular flexibility index (Phi) is 3.50. The van der Waals surface area contributed by atoms with Crippen molar-refractivity contribution >= 4 is 6.09 Å². The third kappa shape index (κ3) is 2.32. The van der Waals surface area contributed by atoms with Gasteiger partial charge in [-0.25, -0.2) is 4.79 Å². The molecule has 1 rings (SSSR count). The van der Waals surface area contributed by atoms with E-state index in [-0.39, 0.29) is 25.0 Å². The van der Waals surface area contributed by atoms with E-state index in [0.717, 1.165) is 0 Å². The van der Waals surface area contributed by atoms with Crippen LogP contribution in [0.2, 0.25) is 0 Å². The largest absolute Gasteiger partial charge is 0.465 e. The van der Waals surface area contributed by atoms with Crippen LogP contribution in [0.3, 0.4) is 0 Å². The summed E-state index contributed by atoms with van der Waals surface area (Å²) in [5, 5.41) is 26.6. The number of amides is 1. The standard InChI is InChI=1S/C8H15NO4/c10-4-6-1-2-9(8(12)13)3-7(6)5-11/h6-7,10-11H,1-5H2,(H,12,13). The Bertz CT molecular complexity index is 185. The second kappa shape index (κ2) is 4.43. The molecular formula is C8H15NO4. The highest BCUT2D eigenvalue weighted by atomic mass is 16.4. The number of hydrogen-bond donors (Lipinski definition) is 3. The van der Waals surface area contributed by atoms with Crippen molar-refractivity contribution in [2.24, 2.45) is 11.8 Å². The molecule has 0 aromatic carbocycles. The lowest BCUT2D eigenvalue weighted by Gasteiger charge is -2.35. The molecule has 0 aliphatic carbocycles. The zero-order chi connectivity index (χ0) is 9.84. The Hall–Kier alpha value is -0.810. The first kappa shape index (κ1) is 10.3. The highest BCUT2D eigenvalue weighted by Gasteiger charge is 2.30. The Morgan fingerprint density at radius 1 is 1.31 bits per heavy atom. The molecule has 1 heterocycles. The predicted octanol–water partition coefficient (Wildman–Crippen LogP) is -0.413. The van der Waals surface area contributed by atoms with Crippen LogP contribution in [0.5, 0.6) is 0 Å². The molecule has 1 amide bonds. The van der Waals surface area contributed by atoms with Crippen molar-refractivity contribution in [1.82, 2.24) is 4.90 Å². The molecule has 76 valence electrons. The molecule has 1 aliphatic rings. The SMILES string of the molecule is O=C(O)N1CCC(CO)C(CO)C1. The van der Waals surface area contributed by atoms with E-state index in [1.165, 1.54) is 4.90 Å². The number of nitrogens with zero attached hydrogens (tertiary/aromatic N) is 1. The maximum Gasteiger partial charge on any atom is 0.407 e. The molecule has 5 heteroatoms. The third-order valence-corrected chi connectivity index (χ3v) is 2.63. The molecule has 0 radical (unpaired) electrons. The maximum absolute atomic E-state index is 10.6. The van der Waals surface area contributed by atoms with Gasteiger partial charge in [0, 0.05) is 32.2 Å². The van der Waals surface area contributed by atoms with Gasteiger partial charge in [0.05, 0.1) is 0 Å². The fourth-order valence-corrected chi connectivity index (χ4v) is 1.70. The highest BCUT2D eigenvalue weighted by Crippen LogP contribution is 2.22. The summed E-state index contributed by atoms with van der Waals surface area (Å²) < 4.78 is 0. The van der Waals surface area contributed by atoms with Gasteiger partial charge in [-0.15, -0.1) is 0 Å². The van der Waals surface area contributed by atoms with Gasteiger partial charge in [-0.05, 0) is 12.3 Å². The van der Waals surface area contributed by atoms with Gasteiger partial charge in [0.2, 0.25) is 0 Å². The summed E-state index contributed by atoms with van der Waals surface area (Å²) >= 11 is 0. The number of carboxylic acid groups (broad SMARTS) is 1. The molecule has 1 aliphatic heterocycles. The van der Waals surface area contributed by atoms with Gasteiger partial charge in [-0.1, -0.05) is 0 Å². The predicted molar refractivity (Wildman–Crippen MR) is 45.4 cm³/mol. The van der Waals surface area contributed by atoms with E-state index in [4.69, 9.17) is 15.3 Å². The zero-order valence-electron chi connectivity index (χ0n) is 7.39. The van der Waals surface area contributed by atoms with Crippen LogP contribution < -0.4 is 0 Å². The lowest BCUT2D eigenvalue weighted by molar-refractivity contribution is 0.0426. The molecule has 1 fully saturated rings. The van der Waals surface area contributed by atoms with Crippen LogP contribution in [-0.4, -0.2) is 52.6 Å². The number of aliphatic hydroxyl groups excluding tert-OH is 2. The molecule has 13 heavy (non-hydrogen) atoms. The summed E-state index contributed by atoms with van der Waals surface area (Å²) in [6.07, 6.45) is -0.316. The number of piperidine rings is 1. The van der Waals surface area contributed by atoms with Crippen LogP contribution in [0.15, 0.2) is 0 Å². The summed E-state index contributed by atoms with van der Waals surface area (Å²) in [4.78, 5) is 11.9. The van der Waals surface area contributed by atoms with Gasteiger partial charge in [-0.2, -0.15) is 0 Å². The van der Waals surface area contributed by atoms with Crippen LogP contribution in [0.1, 0.15) is 6.42 Å². The fourth-order valence-electron chi connectivity index (χ4n) is 1.70. The van der Waals surface area contributed by atoms with Gasteiger partial charge in [0.1, 0.15) is 0 Å². The second-order valence-electron chi connectivity index (χ2n) is 3.40. The van der Waals surface area contributed by atoms with E-state index in [1.54, 1.807) is 0 Å². The van der Waals surface area contributed by atoms with Crippen molar-refractivity contribution in [3.63, 3.8) is 0 Å². The maximum atomic E-state index is 10.6. The molecular weight excluding hydrogens is 174 g/mol. The van der Waals surface area contributed by atoms with E-state index in [1.807, 2.05) is 0 Å². The summed E-state index contributed by atoms with van der Waals surface area (Å²) in [5.41, 5.74) is 0. The molecule has 0 spiro atoms. The quantitative estimate of drug-likeness (QED) is 0.551. The zero-order valence-corrected chi connectivity index (χ0v) is 7.39. The van der Waals surface area contributed by atoms with E-state index in [2.05, 4.69) is 0 Å². The molecule has 3 N–H and O–H groups in total. The summed E-state index contributed by atoms with van der Waals surface area (Å²) in [5.74, 6) is -0.0737. The van der Waals surface area contributed by atoms with Crippen LogP contribution in [0, 0.1) is 11.8 Å². The fraction of sp³-hybridized carbons (Fsp3) is 0.875. The molecule has 2 unspecified atom stereocenters. The average Bonchev–Trinajstić information content (AvgIpc) is 2.16. The first-order valence-corrected chi connectivity index (χ1v) is 4.38. The number of carbonyl (C=O) groups is 1. The Labute approximate surface area is 76.6 Å². The minimum absolute atomic E-state index is 0.0265. The number of aliphatic hydroxyl groups is 2. The van der Waals surface area contributed by atoms with Crippen LogP contribution in [-0.2, 0) is 0 Å². The van der Waals surface area contributed by atoms with Gasteiger partial charge in [0.15, 0.2) is 0 Å². The smallest absolute Gasteiger partial charge is 0.407 e. The number of rotatable bonds is 2. The first-order valence-electron chi connectivity index (χ1n) is 4.38. The van der Waals surface area contributed by atoms with Crippen molar-refractivity contribution in [3.05, 3.63) is 0 Å². The van der Waals surface area contributed by atoms with Crippen molar-refractivity contribution in [2.45, 2.75) is 6.42 Å². The van der Waals surface area contributed by atoms with Crippen molar-refractivity contribution < 1.29 is 20.1 Å². The molecule has 5 nitrogen and oxygen atoms in total. The molecule has 0 aromatic heterocycles. The summed E-state index contributed by atoms with van der Waals surface area (Å²) in [6, 6.07) is 0. The van der Waals surface area contributed by atoms with Crippen LogP contribution >= 0.6 is 0 Å². The van der Waals surface area contributed by atoms with Gasteiger partial charge < -0.3 is 20.2 Å². The van der Waals surface area contributed by atoms with E-state index < -0.39 is 6.09 Å². The van der Waals surface area contributed by atoms with E-state index in [9.17, 15) is 4.79 Å². The van der Waals surface area contributed by atoms with Gasteiger partial charge in [-0.3, -0.25) is 0 Å². The Morgan fingerprint density at radius 3 is 2.38 bits per heavy atom. The van der Waals surface area contributed by atoms with Crippen molar-refractivity contribution in [3.8, 4) is 0 Å². The van der Waals surface area contributed by atoms with Crippen LogP contribution in [0.25, 0.3) is 0 Å². The Morgan fingerprint density at radius 2 is 1.92 bits per heavy atom.